The molecule has 0 aliphatic rings. The van der Waals surface area contributed by atoms with Gasteiger partial charge in [0.2, 0.25) is 0 Å². The average Bonchev–Trinajstić information content (AvgIpc) is 2.14. The molecule has 1 atom stereocenters. The number of nitrogens with zero attached hydrogens (tertiary/aromatic N) is 1. The maximum Gasteiger partial charge on any atom is 0.329 e. The first-order chi connectivity index (χ1) is 7.70. The Bertz CT molecular complexity index is 468. The van der Waals surface area contributed by atoms with Gasteiger partial charge < -0.3 is 9.30 Å². The van der Waals surface area contributed by atoms with Crippen molar-refractivity contribution < 1.29 is 9.53 Å². The first-order valence-electron chi connectivity index (χ1n) is 5.62. The van der Waals surface area contributed by atoms with E-state index in [2.05, 4.69) is 0 Å². The van der Waals surface area contributed by atoms with Gasteiger partial charge in [0, 0.05) is 12.3 Å². The van der Waals surface area contributed by atoms with Crippen molar-refractivity contribution >= 4 is 5.97 Å². The average molecular weight is 237 g/mol. The number of hydrogen-bond acceptors (Lipinski definition) is 3. The number of rotatable bonds is 2. The molecule has 0 aliphatic heterocycles. The molecule has 0 saturated heterocycles. The van der Waals surface area contributed by atoms with Gasteiger partial charge in [0.25, 0.3) is 5.56 Å². The summed E-state index contributed by atoms with van der Waals surface area (Å²) in [7, 11) is 0. The Morgan fingerprint density at radius 2 is 2.00 bits per heavy atom. The van der Waals surface area contributed by atoms with Crippen LogP contribution in [-0.2, 0) is 9.53 Å². The molecular weight excluding hydrogens is 218 g/mol. The summed E-state index contributed by atoms with van der Waals surface area (Å²) in [6.45, 7) is 8.90. The zero-order chi connectivity index (χ0) is 13.2. The molecule has 0 bridgehead atoms. The molecule has 1 aromatic rings. The van der Waals surface area contributed by atoms with Crippen molar-refractivity contribution in [2.45, 2.75) is 46.3 Å². The molecule has 0 spiro atoms. The molecule has 0 aromatic carbocycles. The molecule has 94 valence electrons. The molecule has 17 heavy (non-hydrogen) atoms. The summed E-state index contributed by atoms with van der Waals surface area (Å²) in [4.78, 5) is 23.5. The molecule has 0 N–H and O–H groups in total. The second-order valence-corrected chi connectivity index (χ2v) is 5.16. The highest BCUT2D eigenvalue weighted by molar-refractivity contribution is 5.74. The smallest absolute Gasteiger partial charge is 0.329 e. The minimum Gasteiger partial charge on any atom is -0.458 e. The van der Waals surface area contributed by atoms with Crippen LogP contribution in [0.1, 0.15) is 39.3 Å². The van der Waals surface area contributed by atoms with E-state index in [9.17, 15) is 9.59 Å². The topological polar surface area (TPSA) is 48.3 Å². The second-order valence-electron chi connectivity index (χ2n) is 5.16. The van der Waals surface area contributed by atoms with Crippen molar-refractivity contribution in [1.29, 1.82) is 0 Å². The van der Waals surface area contributed by atoms with E-state index in [1.807, 2.05) is 6.92 Å². The van der Waals surface area contributed by atoms with Crippen LogP contribution in [0.25, 0.3) is 0 Å². The van der Waals surface area contributed by atoms with Gasteiger partial charge in [-0.15, -0.1) is 0 Å². The van der Waals surface area contributed by atoms with E-state index in [4.69, 9.17) is 4.74 Å². The molecule has 1 heterocycles. The Labute approximate surface area is 101 Å². The van der Waals surface area contributed by atoms with Crippen LogP contribution in [0.4, 0.5) is 0 Å². The molecular formula is C13H19NO3. The van der Waals surface area contributed by atoms with E-state index in [1.165, 1.54) is 10.6 Å². The summed E-state index contributed by atoms with van der Waals surface area (Å²) < 4.78 is 6.62. The fourth-order valence-corrected chi connectivity index (χ4v) is 1.41. The Morgan fingerprint density at radius 3 is 2.47 bits per heavy atom. The molecule has 1 unspecified atom stereocenters. The number of aromatic nitrogens is 1. The van der Waals surface area contributed by atoms with E-state index >= 15 is 0 Å². The van der Waals surface area contributed by atoms with Gasteiger partial charge in [0.1, 0.15) is 11.6 Å². The Balaban J connectivity index is 2.93. The summed E-state index contributed by atoms with van der Waals surface area (Å²) in [6.07, 6.45) is 1.62. The number of carbonyl (C=O) groups excluding carboxylic acids is 1. The lowest BCUT2D eigenvalue weighted by Gasteiger charge is -2.23. The predicted octanol–water partition coefficient (Wildman–Crippen LogP) is 2.06. The van der Waals surface area contributed by atoms with Crippen LogP contribution < -0.4 is 5.56 Å². The van der Waals surface area contributed by atoms with E-state index in [1.54, 1.807) is 40.0 Å². The lowest BCUT2D eigenvalue weighted by Crippen LogP contribution is -2.33. The van der Waals surface area contributed by atoms with Gasteiger partial charge in [0.05, 0.1) is 0 Å². The highest BCUT2D eigenvalue weighted by atomic mass is 16.6. The third-order valence-electron chi connectivity index (χ3n) is 2.27. The van der Waals surface area contributed by atoms with Gasteiger partial charge in [-0.2, -0.15) is 0 Å². The molecule has 1 rings (SSSR count). The summed E-state index contributed by atoms with van der Waals surface area (Å²) in [5.74, 6) is -0.400. The number of esters is 1. The maximum absolute atomic E-state index is 11.8. The largest absolute Gasteiger partial charge is 0.458 e. The van der Waals surface area contributed by atoms with E-state index in [0.29, 0.717) is 0 Å². The monoisotopic (exact) mass is 237 g/mol. The zero-order valence-corrected chi connectivity index (χ0v) is 11.0. The molecule has 0 amide bonds. The minimum absolute atomic E-state index is 0.191. The standard InChI is InChI=1S/C13H19NO3/c1-9-6-7-14(11(15)8-9)10(2)12(16)17-13(3,4)5/h6-8,10H,1-5H3. The van der Waals surface area contributed by atoms with Crippen LogP contribution in [0.2, 0.25) is 0 Å². The quantitative estimate of drug-likeness (QED) is 0.740. The third kappa shape index (κ3) is 3.73. The van der Waals surface area contributed by atoms with Crippen LogP contribution in [0.5, 0.6) is 0 Å². The first-order valence-corrected chi connectivity index (χ1v) is 5.62. The van der Waals surface area contributed by atoms with Crippen LogP contribution in [0.3, 0.4) is 0 Å². The number of aryl methyl sites for hydroxylation is 1. The number of carbonyl (C=O) groups is 1. The summed E-state index contributed by atoms with van der Waals surface area (Å²) in [5.41, 5.74) is 0.144. The molecule has 4 heteroatoms. The molecule has 1 aromatic heterocycles. The van der Waals surface area contributed by atoms with E-state index < -0.39 is 17.6 Å². The normalized spacial score (nSPS) is 13.2. The lowest BCUT2D eigenvalue weighted by molar-refractivity contribution is -0.158. The number of hydrogen-bond donors (Lipinski definition) is 0. The molecule has 0 saturated carbocycles. The fraction of sp³-hybridized carbons (Fsp3) is 0.538. The Kier molecular flexibility index (Phi) is 3.76. The van der Waals surface area contributed by atoms with Crippen LogP contribution in [-0.4, -0.2) is 16.1 Å². The van der Waals surface area contributed by atoms with Crippen molar-refractivity contribution in [3.63, 3.8) is 0 Å². The van der Waals surface area contributed by atoms with Crippen LogP contribution >= 0.6 is 0 Å². The highest BCUT2D eigenvalue weighted by Gasteiger charge is 2.23. The fourth-order valence-electron chi connectivity index (χ4n) is 1.41. The SMILES string of the molecule is Cc1ccn(C(C)C(=O)OC(C)(C)C)c(=O)c1. The number of pyridine rings is 1. The number of ether oxygens (including phenoxy) is 1. The van der Waals surface area contributed by atoms with Crippen molar-refractivity contribution in [2.24, 2.45) is 0 Å². The maximum atomic E-state index is 11.8. The van der Waals surface area contributed by atoms with E-state index in [-0.39, 0.29) is 5.56 Å². The van der Waals surface area contributed by atoms with Crippen LogP contribution in [0.15, 0.2) is 23.1 Å². The van der Waals surface area contributed by atoms with Crippen molar-refractivity contribution in [3.8, 4) is 0 Å². The van der Waals surface area contributed by atoms with Crippen molar-refractivity contribution in [1.82, 2.24) is 4.57 Å². The molecule has 0 radical (unpaired) electrons. The van der Waals surface area contributed by atoms with Gasteiger partial charge in [-0.3, -0.25) is 4.79 Å². The van der Waals surface area contributed by atoms with Gasteiger partial charge >= 0.3 is 5.97 Å². The third-order valence-corrected chi connectivity index (χ3v) is 2.27. The lowest BCUT2D eigenvalue weighted by atomic mass is 10.2. The van der Waals surface area contributed by atoms with Crippen molar-refractivity contribution in [2.75, 3.05) is 0 Å². The van der Waals surface area contributed by atoms with E-state index in [0.717, 1.165) is 5.56 Å². The van der Waals surface area contributed by atoms with Gasteiger partial charge in [0.15, 0.2) is 0 Å². The molecule has 0 aliphatic carbocycles. The van der Waals surface area contributed by atoms with Gasteiger partial charge in [-0.05, 0) is 46.2 Å². The van der Waals surface area contributed by atoms with Crippen molar-refractivity contribution in [3.05, 3.63) is 34.2 Å². The zero-order valence-electron chi connectivity index (χ0n) is 11.0. The summed E-state index contributed by atoms with van der Waals surface area (Å²) in [5, 5.41) is 0. The minimum atomic E-state index is -0.609. The summed E-state index contributed by atoms with van der Waals surface area (Å²) in [6, 6.07) is 2.69. The highest BCUT2D eigenvalue weighted by Crippen LogP contribution is 2.13. The first kappa shape index (κ1) is 13.5. The van der Waals surface area contributed by atoms with Crippen LogP contribution in [0, 0.1) is 6.92 Å². The van der Waals surface area contributed by atoms with Gasteiger partial charge in [-0.25, -0.2) is 4.79 Å². The van der Waals surface area contributed by atoms with Gasteiger partial charge in [-0.1, -0.05) is 0 Å². The summed E-state index contributed by atoms with van der Waals surface area (Å²) >= 11 is 0. The Hall–Kier alpha value is -1.58. The predicted molar refractivity (Wildman–Crippen MR) is 66.0 cm³/mol. The molecule has 4 nitrogen and oxygen atoms in total. The molecule has 0 fully saturated rings. The Morgan fingerprint density at radius 1 is 1.41 bits per heavy atom. The second kappa shape index (κ2) is 4.73.